The minimum absolute atomic E-state index is 0.375. The number of nitrogens with two attached hydrogens (primary N) is 1. The first-order chi connectivity index (χ1) is 8.83. The summed E-state index contributed by atoms with van der Waals surface area (Å²) in [5, 5.41) is 12.7. The second-order valence-corrected chi connectivity index (χ2v) is 5.87. The summed E-state index contributed by atoms with van der Waals surface area (Å²) in [5.74, 6) is 1.47. The van der Waals surface area contributed by atoms with Crippen LogP contribution in [0.3, 0.4) is 0 Å². The highest BCUT2D eigenvalue weighted by Gasteiger charge is 2.48. The van der Waals surface area contributed by atoms with Crippen LogP contribution in [0.1, 0.15) is 31.9 Å². The number of hydrogen-bond acceptors (Lipinski definition) is 3. The lowest BCUT2D eigenvalue weighted by atomic mass is 9.73. The van der Waals surface area contributed by atoms with Crippen LogP contribution in [0.15, 0.2) is 12.1 Å². The van der Waals surface area contributed by atoms with E-state index in [1.807, 2.05) is 26.0 Å². The van der Waals surface area contributed by atoms with Gasteiger partial charge in [-0.25, -0.2) is 0 Å². The van der Waals surface area contributed by atoms with Crippen molar-refractivity contribution in [1.29, 1.82) is 0 Å². The van der Waals surface area contributed by atoms with Crippen molar-refractivity contribution in [3.8, 4) is 11.5 Å². The number of quaternary nitrogens is 1. The zero-order valence-corrected chi connectivity index (χ0v) is 12.4. The van der Waals surface area contributed by atoms with Gasteiger partial charge >= 0.3 is 0 Å². The van der Waals surface area contributed by atoms with Gasteiger partial charge in [0.2, 0.25) is 0 Å². The quantitative estimate of drug-likeness (QED) is 0.851. The summed E-state index contributed by atoms with van der Waals surface area (Å²) in [4.78, 5) is 0. The smallest absolute Gasteiger partial charge is 0.161 e. The van der Waals surface area contributed by atoms with Gasteiger partial charge < -0.3 is 19.9 Å². The number of ether oxygens (including phenoxy) is 2. The molecule has 1 aliphatic heterocycles. The molecule has 4 heteroatoms. The van der Waals surface area contributed by atoms with E-state index in [0.717, 1.165) is 24.3 Å². The Bertz CT molecular complexity index is 479. The third-order valence-electron chi connectivity index (χ3n) is 4.41. The van der Waals surface area contributed by atoms with E-state index in [0.29, 0.717) is 5.75 Å². The van der Waals surface area contributed by atoms with Crippen molar-refractivity contribution in [2.75, 3.05) is 20.8 Å². The molecule has 0 radical (unpaired) electrons. The van der Waals surface area contributed by atoms with Crippen molar-refractivity contribution in [1.82, 2.24) is 0 Å². The highest BCUT2D eigenvalue weighted by atomic mass is 16.5. The fraction of sp³-hybridized carbons (Fsp3) is 0.600. The van der Waals surface area contributed by atoms with Gasteiger partial charge in [-0.15, -0.1) is 0 Å². The Balaban J connectivity index is 2.62. The molecular weight excluding hydrogens is 242 g/mol. The number of benzene rings is 1. The summed E-state index contributed by atoms with van der Waals surface area (Å²) in [6.45, 7) is 6.75. The van der Waals surface area contributed by atoms with Gasteiger partial charge in [0.1, 0.15) is 11.1 Å². The van der Waals surface area contributed by atoms with E-state index in [1.165, 1.54) is 5.56 Å². The van der Waals surface area contributed by atoms with E-state index in [2.05, 4.69) is 12.2 Å². The Labute approximate surface area is 114 Å². The van der Waals surface area contributed by atoms with Crippen LogP contribution >= 0.6 is 0 Å². The van der Waals surface area contributed by atoms with Crippen LogP contribution in [0.25, 0.3) is 0 Å². The van der Waals surface area contributed by atoms with Gasteiger partial charge in [0.15, 0.2) is 11.5 Å². The van der Waals surface area contributed by atoms with Crippen molar-refractivity contribution in [2.45, 2.75) is 38.3 Å². The molecular formula is C15H24NO3+. The van der Waals surface area contributed by atoms with Gasteiger partial charge in [0.05, 0.1) is 20.8 Å². The van der Waals surface area contributed by atoms with Crippen molar-refractivity contribution < 1.29 is 19.9 Å². The summed E-state index contributed by atoms with van der Waals surface area (Å²) in [6.07, 6.45) is 0.974. The third-order valence-corrected chi connectivity index (χ3v) is 4.41. The highest BCUT2D eigenvalue weighted by molar-refractivity contribution is 5.50. The van der Waals surface area contributed by atoms with Crippen LogP contribution in [0.5, 0.6) is 11.5 Å². The average molecular weight is 266 g/mol. The van der Waals surface area contributed by atoms with Crippen molar-refractivity contribution in [3.63, 3.8) is 0 Å². The Kier molecular flexibility index (Phi) is 3.49. The molecule has 0 unspecified atom stereocenters. The molecule has 106 valence electrons. The molecule has 3 N–H and O–H groups in total. The summed E-state index contributed by atoms with van der Waals surface area (Å²) < 4.78 is 10.7. The van der Waals surface area contributed by atoms with Gasteiger partial charge in [-0.1, -0.05) is 0 Å². The molecule has 0 spiro atoms. The van der Waals surface area contributed by atoms with E-state index < -0.39 is 5.60 Å². The van der Waals surface area contributed by atoms with Gasteiger partial charge in [-0.2, -0.15) is 0 Å². The van der Waals surface area contributed by atoms with Crippen LogP contribution in [-0.4, -0.2) is 31.5 Å². The fourth-order valence-electron chi connectivity index (χ4n) is 2.82. The first-order valence-electron chi connectivity index (χ1n) is 6.65. The van der Waals surface area contributed by atoms with E-state index in [9.17, 15) is 5.11 Å². The zero-order chi connectivity index (χ0) is 14.3. The summed E-state index contributed by atoms with van der Waals surface area (Å²) in [7, 11) is 3.28. The summed E-state index contributed by atoms with van der Waals surface area (Å²) in [6, 6.07) is 4.03. The first kappa shape index (κ1) is 14.2. The zero-order valence-electron chi connectivity index (χ0n) is 12.4. The van der Waals surface area contributed by atoms with Gasteiger partial charge in [-0.05, 0) is 38.5 Å². The van der Waals surface area contributed by atoms with Crippen LogP contribution in [0, 0.1) is 0 Å². The molecule has 0 aromatic heterocycles. The van der Waals surface area contributed by atoms with E-state index >= 15 is 0 Å². The standard InChI is InChI=1S/C15H23NO3/c1-14(2,17)15(3)11-9-13(19-5)12(18-4)8-10(11)6-7-16-15/h8-9,16-17H,6-7H2,1-5H3/p+1/t15-/m1/s1. The molecule has 19 heavy (non-hydrogen) atoms. The predicted molar refractivity (Wildman–Crippen MR) is 73.7 cm³/mol. The monoisotopic (exact) mass is 266 g/mol. The number of aliphatic hydroxyl groups is 1. The van der Waals surface area contributed by atoms with Crippen LogP contribution in [0.2, 0.25) is 0 Å². The SMILES string of the molecule is COc1cc2c(cc1OC)[C@](C)(C(C)(C)O)[NH2+]CC2. The fourth-order valence-corrected chi connectivity index (χ4v) is 2.82. The molecule has 0 saturated carbocycles. The Hall–Kier alpha value is -1.26. The Morgan fingerprint density at radius 3 is 2.32 bits per heavy atom. The minimum atomic E-state index is -0.818. The summed E-state index contributed by atoms with van der Waals surface area (Å²) in [5.41, 5.74) is 1.16. The lowest BCUT2D eigenvalue weighted by Crippen LogP contribution is -3.00. The van der Waals surface area contributed by atoms with Crippen molar-refractivity contribution in [2.24, 2.45) is 0 Å². The second-order valence-electron chi connectivity index (χ2n) is 5.87. The maximum Gasteiger partial charge on any atom is 0.161 e. The van der Waals surface area contributed by atoms with E-state index in [4.69, 9.17) is 9.47 Å². The van der Waals surface area contributed by atoms with Gasteiger partial charge in [-0.3, -0.25) is 0 Å². The Morgan fingerprint density at radius 2 is 1.79 bits per heavy atom. The summed E-state index contributed by atoms with van der Waals surface area (Å²) >= 11 is 0. The lowest BCUT2D eigenvalue weighted by Gasteiger charge is -2.42. The van der Waals surface area contributed by atoms with Gasteiger partial charge in [0.25, 0.3) is 0 Å². The predicted octanol–water partition coefficient (Wildman–Crippen LogP) is 0.809. The number of hydrogen-bond donors (Lipinski definition) is 2. The average Bonchev–Trinajstić information content (AvgIpc) is 2.36. The molecule has 4 nitrogen and oxygen atoms in total. The molecule has 1 atom stereocenters. The highest BCUT2D eigenvalue weighted by Crippen LogP contribution is 2.39. The molecule has 2 rings (SSSR count). The molecule has 0 aliphatic carbocycles. The molecule has 1 aromatic rings. The number of methoxy groups -OCH3 is 2. The van der Waals surface area contributed by atoms with Crippen LogP contribution in [-0.2, 0) is 12.0 Å². The molecule has 1 aromatic carbocycles. The van der Waals surface area contributed by atoms with Crippen LogP contribution < -0.4 is 14.8 Å². The number of rotatable bonds is 3. The molecule has 1 aliphatic rings. The van der Waals surface area contributed by atoms with Crippen molar-refractivity contribution >= 4 is 0 Å². The minimum Gasteiger partial charge on any atom is -0.493 e. The van der Waals surface area contributed by atoms with Crippen LogP contribution in [0.4, 0.5) is 0 Å². The van der Waals surface area contributed by atoms with Gasteiger partial charge in [0, 0.05) is 12.0 Å². The normalized spacial score (nSPS) is 22.8. The van der Waals surface area contributed by atoms with Crippen molar-refractivity contribution in [3.05, 3.63) is 23.3 Å². The largest absolute Gasteiger partial charge is 0.493 e. The third kappa shape index (κ3) is 2.19. The Morgan fingerprint density at radius 1 is 1.21 bits per heavy atom. The van der Waals surface area contributed by atoms with E-state index in [-0.39, 0.29) is 5.54 Å². The molecule has 0 saturated heterocycles. The van der Waals surface area contributed by atoms with E-state index in [1.54, 1.807) is 14.2 Å². The topological polar surface area (TPSA) is 55.3 Å². The molecule has 0 amide bonds. The lowest BCUT2D eigenvalue weighted by molar-refractivity contribution is -0.751. The molecule has 0 fully saturated rings. The second kappa shape index (κ2) is 4.69. The molecule has 0 bridgehead atoms. The maximum atomic E-state index is 10.5. The first-order valence-corrected chi connectivity index (χ1v) is 6.65. The number of fused-ring (bicyclic) bond motifs is 1. The maximum absolute atomic E-state index is 10.5. The molecule has 1 heterocycles.